The Balaban J connectivity index is 1.66. The fraction of sp³-hybridized carbons (Fsp3) is 0.188. The lowest BCUT2D eigenvalue weighted by molar-refractivity contribution is 0.267. The summed E-state index contributed by atoms with van der Waals surface area (Å²) in [5.74, 6) is 1.34. The number of nitrogens with two attached hydrogens (primary N) is 1. The van der Waals surface area contributed by atoms with Crippen molar-refractivity contribution in [2.75, 3.05) is 12.8 Å². The van der Waals surface area contributed by atoms with Gasteiger partial charge in [0.05, 0.1) is 12.2 Å². The van der Waals surface area contributed by atoms with Crippen molar-refractivity contribution in [2.24, 2.45) is 0 Å². The second kappa shape index (κ2) is 6.36. The monoisotopic (exact) mass is 295 g/mol. The average molecular weight is 295 g/mol. The van der Waals surface area contributed by atoms with E-state index in [1.807, 2.05) is 43.4 Å². The summed E-state index contributed by atoms with van der Waals surface area (Å²) in [4.78, 5) is 10.4. The standard InChI is InChI=1S/C16H17N5O/c1-21(10-12-5-4-8-19-16(12)17)11-13-9-15(20-22-13)14-6-2-3-7-18-14/h2-9H,10-11H2,1H3,(H2,17,19). The van der Waals surface area contributed by atoms with Gasteiger partial charge in [-0.2, -0.15) is 0 Å². The van der Waals surface area contributed by atoms with Crippen LogP contribution in [0.2, 0.25) is 0 Å². The van der Waals surface area contributed by atoms with E-state index < -0.39 is 0 Å². The third-order valence-electron chi connectivity index (χ3n) is 3.28. The Hall–Kier alpha value is -2.73. The molecule has 0 atom stereocenters. The van der Waals surface area contributed by atoms with E-state index in [-0.39, 0.29) is 0 Å². The van der Waals surface area contributed by atoms with E-state index >= 15 is 0 Å². The molecule has 6 heteroatoms. The van der Waals surface area contributed by atoms with E-state index in [9.17, 15) is 0 Å². The Morgan fingerprint density at radius 3 is 2.68 bits per heavy atom. The number of pyridine rings is 2. The van der Waals surface area contributed by atoms with Crippen molar-refractivity contribution in [2.45, 2.75) is 13.1 Å². The molecular formula is C16H17N5O. The molecule has 0 aliphatic carbocycles. The minimum Gasteiger partial charge on any atom is -0.383 e. The Labute approximate surface area is 128 Å². The summed E-state index contributed by atoms with van der Waals surface area (Å²) >= 11 is 0. The molecular weight excluding hydrogens is 278 g/mol. The Kier molecular flexibility index (Phi) is 4.11. The van der Waals surface area contributed by atoms with E-state index in [2.05, 4.69) is 20.0 Å². The van der Waals surface area contributed by atoms with Crippen LogP contribution in [-0.2, 0) is 13.1 Å². The van der Waals surface area contributed by atoms with Crippen LogP contribution < -0.4 is 5.73 Å². The molecule has 3 heterocycles. The van der Waals surface area contributed by atoms with Crippen LogP contribution >= 0.6 is 0 Å². The van der Waals surface area contributed by atoms with Crippen molar-refractivity contribution in [3.8, 4) is 11.4 Å². The van der Waals surface area contributed by atoms with Crippen molar-refractivity contribution in [3.63, 3.8) is 0 Å². The molecule has 2 N–H and O–H groups in total. The predicted octanol–water partition coefficient (Wildman–Crippen LogP) is 2.35. The number of hydrogen-bond donors (Lipinski definition) is 1. The molecule has 0 bridgehead atoms. The fourth-order valence-electron chi connectivity index (χ4n) is 2.22. The maximum atomic E-state index is 5.86. The first-order valence-electron chi connectivity index (χ1n) is 6.97. The Morgan fingerprint density at radius 2 is 1.91 bits per heavy atom. The summed E-state index contributed by atoms with van der Waals surface area (Å²) in [7, 11) is 2.00. The second-order valence-corrected chi connectivity index (χ2v) is 5.11. The van der Waals surface area contributed by atoms with Gasteiger partial charge in [-0.15, -0.1) is 0 Å². The SMILES string of the molecule is CN(Cc1cc(-c2ccccn2)no1)Cc1cccnc1N. The largest absolute Gasteiger partial charge is 0.383 e. The van der Waals surface area contributed by atoms with Crippen molar-refractivity contribution < 1.29 is 4.52 Å². The van der Waals surface area contributed by atoms with Crippen molar-refractivity contribution in [1.29, 1.82) is 0 Å². The number of rotatable bonds is 5. The summed E-state index contributed by atoms with van der Waals surface area (Å²) in [6, 6.07) is 11.5. The third kappa shape index (κ3) is 3.29. The van der Waals surface area contributed by atoms with Gasteiger partial charge in [0.2, 0.25) is 0 Å². The molecule has 0 saturated carbocycles. The summed E-state index contributed by atoms with van der Waals surface area (Å²) in [5, 5.41) is 4.06. The molecule has 0 saturated heterocycles. The van der Waals surface area contributed by atoms with Gasteiger partial charge in [0, 0.05) is 30.6 Å². The lowest BCUT2D eigenvalue weighted by Gasteiger charge is -2.15. The zero-order valence-corrected chi connectivity index (χ0v) is 12.3. The van der Waals surface area contributed by atoms with E-state index in [1.165, 1.54) is 0 Å². The molecule has 0 aromatic carbocycles. The molecule has 22 heavy (non-hydrogen) atoms. The van der Waals surface area contributed by atoms with Crippen LogP contribution in [0.3, 0.4) is 0 Å². The summed E-state index contributed by atoms with van der Waals surface area (Å²) in [6.45, 7) is 1.33. The van der Waals surface area contributed by atoms with Gasteiger partial charge in [0.1, 0.15) is 11.5 Å². The first-order valence-corrected chi connectivity index (χ1v) is 6.97. The maximum absolute atomic E-state index is 5.86. The quantitative estimate of drug-likeness (QED) is 0.778. The first-order chi connectivity index (χ1) is 10.7. The van der Waals surface area contributed by atoms with Gasteiger partial charge < -0.3 is 10.3 Å². The van der Waals surface area contributed by atoms with Crippen LogP contribution in [-0.4, -0.2) is 27.1 Å². The van der Waals surface area contributed by atoms with Crippen LogP contribution in [0.5, 0.6) is 0 Å². The van der Waals surface area contributed by atoms with Crippen LogP contribution in [0, 0.1) is 0 Å². The van der Waals surface area contributed by atoms with E-state index in [0.717, 1.165) is 22.7 Å². The number of nitrogens with zero attached hydrogens (tertiary/aromatic N) is 4. The topological polar surface area (TPSA) is 81.1 Å². The summed E-state index contributed by atoms with van der Waals surface area (Å²) in [6.07, 6.45) is 3.43. The highest BCUT2D eigenvalue weighted by Crippen LogP contribution is 2.18. The normalized spacial score (nSPS) is 11.0. The van der Waals surface area contributed by atoms with Gasteiger partial charge in [0.15, 0.2) is 5.76 Å². The molecule has 6 nitrogen and oxygen atoms in total. The van der Waals surface area contributed by atoms with Crippen LogP contribution in [0.1, 0.15) is 11.3 Å². The van der Waals surface area contributed by atoms with Gasteiger partial charge in [0.25, 0.3) is 0 Å². The molecule has 0 amide bonds. The number of hydrogen-bond acceptors (Lipinski definition) is 6. The Bertz CT molecular complexity index is 741. The highest BCUT2D eigenvalue weighted by molar-refractivity contribution is 5.52. The second-order valence-electron chi connectivity index (χ2n) is 5.11. The Morgan fingerprint density at radius 1 is 1.05 bits per heavy atom. The van der Waals surface area contributed by atoms with E-state index in [0.29, 0.717) is 18.9 Å². The molecule has 0 spiro atoms. The van der Waals surface area contributed by atoms with Crippen molar-refractivity contribution in [1.82, 2.24) is 20.0 Å². The molecule has 3 aromatic rings. The first kappa shape index (κ1) is 14.2. The highest BCUT2D eigenvalue weighted by atomic mass is 16.5. The van der Waals surface area contributed by atoms with Gasteiger partial charge >= 0.3 is 0 Å². The predicted molar refractivity (Wildman–Crippen MR) is 83.6 cm³/mol. The summed E-state index contributed by atoms with van der Waals surface area (Å²) < 4.78 is 5.38. The molecule has 3 rings (SSSR count). The van der Waals surface area contributed by atoms with Gasteiger partial charge in [-0.1, -0.05) is 17.3 Å². The van der Waals surface area contributed by atoms with Gasteiger partial charge in [-0.3, -0.25) is 9.88 Å². The van der Waals surface area contributed by atoms with E-state index in [1.54, 1.807) is 12.4 Å². The fourth-order valence-corrected chi connectivity index (χ4v) is 2.22. The number of aromatic nitrogens is 3. The van der Waals surface area contributed by atoms with Crippen LogP contribution in [0.15, 0.2) is 53.3 Å². The zero-order valence-electron chi connectivity index (χ0n) is 12.3. The minimum atomic E-state index is 0.557. The summed E-state index contributed by atoms with van der Waals surface area (Å²) in [5.41, 5.74) is 8.40. The smallest absolute Gasteiger partial charge is 0.151 e. The molecule has 0 aliphatic heterocycles. The lowest BCUT2D eigenvalue weighted by Crippen LogP contribution is -2.18. The molecule has 112 valence electrons. The van der Waals surface area contributed by atoms with Crippen molar-refractivity contribution in [3.05, 3.63) is 60.1 Å². The average Bonchev–Trinajstić information content (AvgIpc) is 2.99. The lowest BCUT2D eigenvalue weighted by atomic mass is 10.2. The molecule has 0 radical (unpaired) electrons. The van der Waals surface area contributed by atoms with Crippen LogP contribution in [0.25, 0.3) is 11.4 Å². The molecule has 3 aromatic heterocycles. The number of anilines is 1. The number of nitrogen functional groups attached to an aromatic ring is 1. The third-order valence-corrected chi connectivity index (χ3v) is 3.28. The molecule has 0 aliphatic rings. The molecule has 0 unspecified atom stereocenters. The minimum absolute atomic E-state index is 0.557. The van der Waals surface area contributed by atoms with Crippen LogP contribution in [0.4, 0.5) is 5.82 Å². The zero-order chi connectivity index (χ0) is 15.4. The van der Waals surface area contributed by atoms with Crippen molar-refractivity contribution >= 4 is 5.82 Å². The van der Waals surface area contributed by atoms with Gasteiger partial charge in [-0.05, 0) is 25.2 Å². The molecule has 0 fully saturated rings. The van der Waals surface area contributed by atoms with E-state index in [4.69, 9.17) is 10.3 Å². The maximum Gasteiger partial charge on any atom is 0.151 e. The van der Waals surface area contributed by atoms with Gasteiger partial charge in [-0.25, -0.2) is 4.98 Å². The highest BCUT2D eigenvalue weighted by Gasteiger charge is 2.11.